The van der Waals surface area contributed by atoms with E-state index in [1.54, 1.807) is 0 Å². The molecular formula is C14H21NO8. The fourth-order valence-electron chi connectivity index (χ4n) is 2.40. The van der Waals surface area contributed by atoms with E-state index >= 15 is 0 Å². The van der Waals surface area contributed by atoms with Gasteiger partial charge in [-0.05, 0) is 6.42 Å². The Bertz CT molecular complexity index is 455. The number of nitrogens with one attached hydrogen (secondary N) is 1. The quantitative estimate of drug-likeness (QED) is 0.458. The molecule has 0 aromatic heterocycles. The molecule has 9 nitrogen and oxygen atoms in total. The van der Waals surface area contributed by atoms with Crippen LogP contribution in [0.25, 0.3) is 0 Å². The minimum absolute atomic E-state index is 0.212. The molecule has 23 heavy (non-hydrogen) atoms. The van der Waals surface area contributed by atoms with Crippen LogP contribution in [0, 0.1) is 17.8 Å². The van der Waals surface area contributed by atoms with Crippen LogP contribution in [0.1, 0.15) is 13.3 Å². The minimum Gasteiger partial charge on any atom is -0.480 e. The Labute approximate surface area is 133 Å². The van der Waals surface area contributed by atoms with E-state index in [9.17, 15) is 24.3 Å². The number of carbonyl (C=O) groups excluding carboxylic acids is 3. The molecule has 2 N–H and O–H groups in total. The van der Waals surface area contributed by atoms with Crippen LogP contribution in [0.5, 0.6) is 0 Å². The topological polar surface area (TPSA) is 128 Å². The summed E-state index contributed by atoms with van der Waals surface area (Å²) >= 11 is 0. The maximum atomic E-state index is 12.1. The van der Waals surface area contributed by atoms with Crippen molar-refractivity contribution in [2.24, 2.45) is 17.8 Å². The van der Waals surface area contributed by atoms with E-state index in [1.807, 2.05) is 0 Å². The molecule has 0 spiro atoms. The van der Waals surface area contributed by atoms with Gasteiger partial charge in [-0.15, -0.1) is 0 Å². The number of amides is 1. The van der Waals surface area contributed by atoms with Gasteiger partial charge in [-0.3, -0.25) is 14.4 Å². The van der Waals surface area contributed by atoms with Gasteiger partial charge >= 0.3 is 17.9 Å². The SMILES string of the molecule is COC(=O)C(C(=O)OC)[C@@H](C)[C@@H](NC(=O)[C@@H]1CCOC1)C(=O)O. The molecule has 130 valence electrons. The predicted molar refractivity (Wildman–Crippen MR) is 75.2 cm³/mol. The molecule has 1 rings (SSSR count). The third-order valence-corrected chi connectivity index (χ3v) is 3.83. The van der Waals surface area contributed by atoms with Crippen molar-refractivity contribution in [2.75, 3.05) is 27.4 Å². The van der Waals surface area contributed by atoms with Gasteiger partial charge in [-0.25, -0.2) is 4.79 Å². The number of aliphatic carboxylic acids is 1. The number of carboxylic acid groups (broad SMARTS) is 1. The lowest BCUT2D eigenvalue weighted by atomic mass is 9.87. The molecule has 1 fully saturated rings. The number of ether oxygens (including phenoxy) is 3. The van der Waals surface area contributed by atoms with Crippen LogP contribution in [0.3, 0.4) is 0 Å². The first-order chi connectivity index (χ1) is 10.8. The Morgan fingerprint density at radius 2 is 1.74 bits per heavy atom. The minimum atomic E-state index is -1.45. The lowest BCUT2D eigenvalue weighted by molar-refractivity contribution is -0.163. The molecule has 1 amide bonds. The zero-order valence-corrected chi connectivity index (χ0v) is 13.2. The number of carbonyl (C=O) groups is 4. The van der Waals surface area contributed by atoms with Gasteiger partial charge in [0.05, 0.1) is 26.7 Å². The van der Waals surface area contributed by atoms with Crippen LogP contribution in [-0.2, 0) is 33.4 Å². The van der Waals surface area contributed by atoms with Gasteiger partial charge in [0.15, 0.2) is 5.92 Å². The first kappa shape index (κ1) is 18.9. The van der Waals surface area contributed by atoms with E-state index in [0.29, 0.717) is 13.0 Å². The van der Waals surface area contributed by atoms with Gasteiger partial charge in [-0.2, -0.15) is 0 Å². The van der Waals surface area contributed by atoms with Crippen LogP contribution in [0.4, 0.5) is 0 Å². The van der Waals surface area contributed by atoms with Crippen LogP contribution in [-0.4, -0.2) is 62.4 Å². The average molecular weight is 331 g/mol. The highest BCUT2D eigenvalue weighted by atomic mass is 16.5. The zero-order valence-electron chi connectivity index (χ0n) is 13.2. The van der Waals surface area contributed by atoms with Crippen LogP contribution < -0.4 is 5.32 Å². The zero-order chi connectivity index (χ0) is 17.6. The van der Waals surface area contributed by atoms with Crippen molar-refractivity contribution in [3.8, 4) is 0 Å². The largest absolute Gasteiger partial charge is 0.480 e. The Balaban J connectivity index is 2.92. The van der Waals surface area contributed by atoms with Crippen molar-refractivity contribution in [3.05, 3.63) is 0 Å². The van der Waals surface area contributed by atoms with Crippen molar-refractivity contribution in [2.45, 2.75) is 19.4 Å². The van der Waals surface area contributed by atoms with Gasteiger partial charge < -0.3 is 24.6 Å². The number of hydrogen-bond acceptors (Lipinski definition) is 7. The lowest BCUT2D eigenvalue weighted by Crippen LogP contribution is -2.51. The Morgan fingerprint density at radius 1 is 1.17 bits per heavy atom. The first-order valence-corrected chi connectivity index (χ1v) is 7.10. The smallest absolute Gasteiger partial charge is 0.326 e. The van der Waals surface area contributed by atoms with Crippen molar-refractivity contribution in [1.82, 2.24) is 5.32 Å². The lowest BCUT2D eigenvalue weighted by Gasteiger charge is -2.26. The summed E-state index contributed by atoms with van der Waals surface area (Å²) in [4.78, 5) is 47.1. The third-order valence-electron chi connectivity index (χ3n) is 3.83. The molecule has 1 aliphatic heterocycles. The first-order valence-electron chi connectivity index (χ1n) is 7.10. The van der Waals surface area contributed by atoms with E-state index < -0.39 is 47.6 Å². The van der Waals surface area contributed by atoms with Gasteiger partial charge in [0, 0.05) is 12.5 Å². The van der Waals surface area contributed by atoms with E-state index in [-0.39, 0.29) is 6.61 Å². The van der Waals surface area contributed by atoms with Gasteiger partial charge in [0.1, 0.15) is 6.04 Å². The Morgan fingerprint density at radius 3 is 2.13 bits per heavy atom. The van der Waals surface area contributed by atoms with E-state index in [4.69, 9.17) is 4.74 Å². The molecule has 0 unspecified atom stereocenters. The van der Waals surface area contributed by atoms with E-state index in [1.165, 1.54) is 6.92 Å². The molecule has 9 heteroatoms. The fraction of sp³-hybridized carbons (Fsp3) is 0.714. The molecule has 0 saturated carbocycles. The van der Waals surface area contributed by atoms with Gasteiger partial charge in [-0.1, -0.05) is 6.92 Å². The second kappa shape index (κ2) is 8.47. The highest BCUT2D eigenvalue weighted by Gasteiger charge is 2.42. The third kappa shape index (κ3) is 4.65. The van der Waals surface area contributed by atoms with Crippen LogP contribution in [0.2, 0.25) is 0 Å². The number of rotatable bonds is 7. The summed E-state index contributed by atoms with van der Waals surface area (Å²) in [6.07, 6.45) is 0.490. The second-order valence-corrected chi connectivity index (χ2v) is 5.27. The van der Waals surface area contributed by atoms with Gasteiger partial charge in [0.25, 0.3) is 0 Å². The summed E-state index contributed by atoms with van der Waals surface area (Å²) in [5.41, 5.74) is 0. The monoisotopic (exact) mass is 331 g/mol. The van der Waals surface area contributed by atoms with E-state index in [0.717, 1.165) is 14.2 Å². The molecule has 1 saturated heterocycles. The van der Waals surface area contributed by atoms with Crippen molar-refractivity contribution < 1.29 is 38.5 Å². The van der Waals surface area contributed by atoms with Crippen molar-refractivity contribution >= 4 is 23.8 Å². The van der Waals surface area contributed by atoms with Crippen molar-refractivity contribution in [1.29, 1.82) is 0 Å². The standard InChI is InChI=1S/C14H21NO8/c1-7(9(13(19)21-2)14(20)22-3)10(12(17)18)15-11(16)8-4-5-23-6-8/h7-10H,4-6H2,1-3H3,(H,15,16)(H,17,18)/t7-,8-,10-/m1/s1. The number of esters is 2. The maximum absolute atomic E-state index is 12.1. The molecule has 0 aromatic rings. The summed E-state index contributed by atoms with van der Waals surface area (Å²) in [5, 5.41) is 11.7. The number of hydrogen-bond donors (Lipinski definition) is 2. The number of carboxylic acids is 1. The molecule has 0 bridgehead atoms. The number of methoxy groups -OCH3 is 2. The summed E-state index contributed by atoms with van der Waals surface area (Å²) in [5.74, 6) is -6.65. The summed E-state index contributed by atoms with van der Waals surface area (Å²) in [7, 11) is 2.16. The predicted octanol–water partition coefficient (Wildman–Crippen LogP) is -0.809. The maximum Gasteiger partial charge on any atom is 0.326 e. The second-order valence-electron chi connectivity index (χ2n) is 5.27. The fourth-order valence-corrected chi connectivity index (χ4v) is 2.40. The van der Waals surface area contributed by atoms with E-state index in [2.05, 4.69) is 14.8 Å². The van der Waals surface area contributed by atoms with Crippen LogP contribution in [0.15, 0.2) is 0 Å². The molecule has 0 radical (unpaired) electrons. The molecule has 0 aliphatic carbocycles. The highest BCUT2D eigenvalue weighted by Crippen LogP contribution is 2.21. The summed E-state index contributed by atoms with van der Waals surface area (Å²) < 4.78 is 14.1. The summed E-state index contributed by atoms with van der Waals surface area (Å²) in [6, 6.07) is -1.44. The molecule has 3 atom stereocenters. The molecule has 1 heterocycles. The Hall–Kier alpha value is -2.16. The van der Waals surface area contributed by atoms with Gasteiger partial charge in [0.2, 0.25) is 5.91 Å². The molecule has 0 aromatic carbocycles. The Kier molecular flexibility index (Phi) is 6.95. The van der Waals surface area contributed by atoms with Crippen LogP contribution >= 0.6 is 0 Å². The molecule has 1 aliphatic rings. The summed E-state index contributed by atoms with van der Waals surface area (Å²) in [6.45, 7) is 2.00. The molecular weight excluding hydrogens is 310 g/mol. The van der Waals surface area contributed by atoms with Crippen molar-refractivity contribution in [3.63, 3.8) is 0 Å². The average Bonchev–Trinajstić information content (AvgIpc) is 3.05. The highest BCUT2D eigenvalue weighted by molar-refractivity contribution is 5.96. The normalized spacial score (nSPS) is 19.7.